The minimum Gasteiger partial charge on any atom is -0.144 e. The largest absolute Gasteiger partial charge is 0.266 e. The molecule has 1 aromatic carbocycles. The summed E-state index contributed by atoms with van der Waals surface area (Å²) in [7, 11) is -1.58. The molecule has 48 valence electrons. The van der Waals surface area contributed by atoms with Gasteiger partial charge in [0.05, 0.1) is 0 Å². The van der Waals surface area contributed by atoms with Crippen molar-refractivity contribution in [3.63, 3.8) is 0 Å². The van der Waals surface area contributed by atoms with E-state index in [1.165, 1.54) is 0 Å². The second kappa shape index (κ2) is 3.25. The first-order chi connectivity index (χ1) is 4.30. The summed E-state index contributed by atoms with van der Waals surface area (Å²) in [5.74, 6) is 0. The van der Waals surface area contributed by atoms with Crippen LogP contribution >= 0.6 is 22.2 Å². The summed E-state index contributed by atoms with van der Waals surface area (Å²) in [6, 6.07) is 9.75. The number of rotatable bonds is 1. The predicted molar refractivity (Wildman–Crippen MR) is 44.9 cm³/mol. The van der Waals surface area contributed by atoms with Gasteiger partial charge in [0.1, 0.15) is 0 Å². The Morgan fingerprint density at radius 3 is 1.89 bits per heavy atom. The molecule has 0 unspecified atom stereocenters. The lowest BCUT2D eigenvalue weighted by Gasteiger charge is -1.95. The first-order valence-corrected chi connectivity index (χ1v) is 6.70. The SMILES string of the molecule is Cl[SiH](Cl)c1ccccc1. The Balaban J connectivity index is 2.85. The monoisotopic (exact) mass is 176 g/mol. The third kappa shape index (κ3) is 2.01. The molecule has 0 aliphatic heterocycles. The van der Waals surface area contributed by atoms with Crippen LogP contribution in [-0.4, -0.2) is 7.42 Å². The summed E-state index contributed by atoms with van der Waals surface area (Å²) in [5.41, 5.74) is 0. The lowest BCUT2D eigenvalue weighted by Crippen LogP contribution is -2.16. The van der Waals surface area contributed by atoms with Crippen LogP contribution in [0.4, 0.5) is 0 Å². The Morgan fingerprint density at radius 1 is 1.00 bits per heavy atom. The van der Waals surface area contributed by atoms with Crippen LogP contribution in [0.25, 0.3) is 0 Å². The zero-order valence-electron chi connectivity index (χ0n) is 4.72. The van der Waals surface area contributed by atoms with Gasteiger partial charge in [0.2, 0.25) is 0 Å². The normalized spacial score (nSPS) is 10.1. The van der Waals surface area contributed by atoms with Crippen molar-refractivity contribution >= 4 is 34.8 Å². The molecular weight excluding hydrogens is 171 g/mol. The van der Waals surface area contributed by atoms with E-state index < -0.39 is 7.42 Å². The molecule has 0 saturated heterocycles. The van der Waals surface area contributed by atoms with Gasteiger partial charge in [-0.05, 0) is 5.19 Å². The molecule has 9 heavy (non-hydrogen) atoms. The van der Waals surface area contributed by atoms with Gasteiger partial charge in [-0.1, -0.05) is 30.3 Å². The highest BCUT2D eigenvalue weighted by atomic mass is 35.7. The molecule has 0 atom stereocenters. The molecule has 0 radical (unpaired) electrons. The van der Waals surface area contributed by atoms with E-state index in [0.29, 0.717) is 0 Å². The van der Waals surface area contributed by atoms with E-state index >= 15 is 0 Å². The van der Waals surface area contributed by atoms with Gasteiger partial charge in [-0.15, -0.1) is 22.2 Å². The van der Waals surface area contributed by atoms with Crippen molar-refractivity contribution in [2.75, 3.05) is 0 Å². The molecule has 0 aliphatic carbocycles. The molecule has 1 rings (SSSR count). The van der Waals surface area contributed by atoms with Gasteiger partial charge in [-0.25, -0.2) is 0 Å². The van der Waals surface area contributed by atoms with Gasteiger partial charge < -0.3 is 0 Å². The molecule has 0 fully saturated rings. The minimum absolute atomic E-state index is 1.08. The van der Waals surface area contributed by atoms with Crippen LogP contribution in [0, 0.1) is 0 Å². The van der Waals surface area contributed by atoms with E-state index in [1.54, 1.807) is 0 Å². The zero-order valence-corrected chi connectivity index (χ0v) is 7.39. The zero-order chi connectivity index (χ0) is 6.69. The molecule has 0 aromatic heterocycles. The van der Waals surface area contributed by atoms with E-state index in [0.717, 1.165) is 5.19 Å². The minimum atomic E-state index is -1.58. The molecule has 0 aliphatic rings. The van der Waals surface area contributed by atoms with E-state index in [1.807, 2.05) is 30.3 Å². The molecule has 0 spiro atoms. The molecular formula is C6H6Cl2Si. The molecule has 0 bridgehead atoms. The third-order valence-corrected chi connectivity index (χ3v) is 3.45. The molecule has 0 N–H and O–H groups in total. The van der Waals surface area contributed by atoms with Crippen molar-refractivity contribution in [3.05, 3.63) is 30.3 Å². The average molecular weight is 177 g/mol. The van der Waals surface area contributed by atoms with Crippen LogP contribution in [-0.2, 0) is 0 Å². The summed E-state index contributed by atoms with van der Waals surface area (Å²) >= 11 is 11.4. The van der Waals surface area contributed by atoms with Crippen molar-refractivity contribution < 1.29 is 0 Å². The quantitative estimate of drug-likeness (QED) is 0.451. The Labute approximate surface area is 65.4 Å². The van der Waals surface area contributed by atoms with Gasteiger partial charge in [0, 0.05) is 0 Å². The topological polar surface area (TPSA) is 0 Å². The third-order valence-electron chi connectivity index (χ3n) is 1.05. The fourth-order valence-electron chi connectivity index (χ4n) is 0.599. The summed E-state index contributed by atoms with van der Waals surface area (Å²) in [6.45, 7) is 0. The second-order valence-electron chi connectivity index (χ2n) is 1.71. The molecule has 0 heterocycles. The molecule has 1 aromatic rings. The maximum Gasteiger partial charge on any atom is 0.266 e. The smallest absolute Gasteiger partial charge is 0.144 e. The molecule has 0 saturated carbocycles. The highest BCUT2D eigenvalue weighted by molar-refractivity contribution is 7.39. The first-order valence-electron chi connectivity index (χ1n) is 2.64. The van der Waals surface area contributed by atoms with Gasteiger partial charge >= 0.3 is 0 Å². The van der Waals surface area contributed by atoms with Crippen LogP contribution in [0.5, 0.6) is 0 Å². The van der Waals surface area contributed by atoms with Gasteiger partial charge in [-0.3, -0.25) is 0 Å². The maximum atomic E-state index is 5.71. The predicted octanol–water partition coefficient (Wildman–Crippen LogP) is 1.59. The Hall–Kier alpha value is 0.0169. The fraction of sp³-hybridized carbons (Fsp3) is 0. The average Bonchev–Trinajstić information content (AvgIpc) is 1.90. The molecule has 0 amide bonds. The fourth-order valence-corrected chi connectivity index (χ4v) is 1.98. The lowest BCUT2D eigenvalue weighted by atomic mass is 10.4. The Kier molecular flexibility index (Phi) is 2.58. The van der Waals surface area contributed by atoms with Gasteiger partial charge in [-0.2, -0.15) is 0 Å². The number of hydrogen-bond acceptors (Lipinski definition) is 0. The molecule has 0 nitrogen and oxygen atoms in total. The van der Waals surface area contributed by atoms with Crippen molar-refractivity contribution in [2.45, 2.75) is 0 Å². The van der Waals surface area contributed by atoms with Crippen molar-refractivity contribution in [1.29, 1.82) is 0 Å². The lowest BCUT2D eigenvalue weighted by molar-refractivity contribution is 1.77. The van der Waals surface area contributed by atoms with Crippen molar-refractivity contribution in [2.24, 2.45) is 0 Å². The highest BCUT2D eigenvalue weighted by Crippen LogP contribution is 1.96. The van der Waals surface area contributed by atoms with E-state index in [2.05, 4.69) is 0 Å². The summed E-state index contributed by atoms with van der Waals surface area (Å²) in [4.78, 5) is 0. The van der Waals surface area contributed by atoms with E-state index in [4.69, 9.17) is 22.2 Å². The summed E-state index contributed by atoms with van der Waals surface area (Å²) < 4.78 is 0. The first kappa shape index (κ1) is 7.13. The second-order valence-corrected chi connectivity index (χ2v) is 6.27. The maximum absolute atomic E-state index is 5.71. The van der Waals surface area contributed by atoms with Crippen LogP contribution in [0.3, 0.4) is 0 Å². The van der Waals surface area contributed by atoms with Crippen LogP contribution in [0.2, 0.25) is 0 Å². The molecule has 3 heteroatoms. The van der Waals surface area contributed by atoms with E-state index in [-0.39, 0.29) is 0 Å². The number of halogens is 2. The standard InChI is InChI=1S/C6H6Cl2Si/c7-9(8)6-4-2-1-3-5-6/h1-5,9H. The van der Waals surface area contributed by atoms with Gasteiger partial charge in [0.25, 0.3) is 7.42 Å². The van der Waals surface area contributed by atoms with Crippen LogP contribution in [0.1, 0.15) is 0 Å². The summed E-state index contributed by atoms with van der Waals surface area (Å²) in [5, 5.41) is 1.08. The van der Waals surface area contributed by atoms with Gasteiger partial charge in [0.15, 0.2) is 0 Å². The number of hydrogen-bond donors (Lipinski definition) is 0. The Morgan fingerprint density at radius 2 is 1.56 bits per heavy atom. The van der Waals surface area contributed by atoms with Crippen molar-refractivity contribution in [3.8, 4) is 0 Å². The highest BCUT2D eigenvalue weighted by Gasteiger charge is 2.02. The Bertz CT molecular complexity index is 174. The van der Waals surface area contributed by atoms with E-state index in [9.17, 15) is 0 Å². The van der Waals surface area contributed by atoms with Crippen molar-refractivity contribution in [1.82, 2.24) is 0 Å². The van der Waals surface area contributed by atoms with Crippen LogP contribution in [0.15, 0.2) is 30.3 Å². The number of benzene rings is 1. The van der Waals surface area contributed by atoms with Crippen LogP contribution < -0.4 is 5.19 Å². The summed E-state index contributed by atoms with van der Waals surface area (Å²) in [6.07, 6.45) is 0.